The van der Waals surface area contributed by atoms with Crippen molar-refractivity contribution in [3.8, 4) is 0 Å². The molecule has 0 radical (unpaired) electrons. The summed E-state index contributed by atoms with van der Waals surface area (Å²) in [5.41, 5.74) is 2.83. The number of nitrogens with two attached hydrogens (primary N) is 1. The molecule has 110 valence electrons. The van der Waals surface area contributed by atoms with E-state index in [0.717, 1.165) is 11.3 Å². The number of rotatable bonds is 6. The third-order valence-corrected chi connectivity index (χ3v) is 2.88. The van der Waals surface area contributed by atoms with Gasteiger partial charge in [0.15, 0.2) is 0 Å². The molecule has 2 rings (SSSR count). The molecule has 3 N–H and O–H groups in total. The van der Waals surface area contributed by atoms with Crippen molar-refractivity contribution in [2.24, 2.45) is 5.90 Å². The minimum atomic E-state index is -0.455. The first-order chi connectivity index (χ1) is 10.1. The van der Waals surface area contributed by atoms with Gasteiger partial charge >= 0.3 is 0 Å². The Labute approximate surface area is 121 Å². The number of aryl methyl sites for hydroxylation is 1. The topological polar surface area (TPSA) is 99.7 Å². The lowest BCUT2D eigenvalue weighted by Crippen LogP contribution is -2.02. The van der Waals surface area contributed by atoms with E-state index in [9.17, 15) is 10.1 Å². The van der Waals surface area contributed by atoms with Crippen LogP contribution in [0.5, 0.6) is 0 Å². The highest BCUT2D eigenvalue weighted by molar-refractivity contribution is 5.70. The molecule has 0 aliphatic carbocycles. The van der Waals surface area contributed by atoms with Crippen LogP contribution in [0.15, 0.2) is 42.5 Å². The zero-order valence-corrected chi connectivity index (χ0v) is 11.4. The fourth-order valence-corrected chi connectivity index (χ4v) is 1.82. The van der Waals surface area contributed by atoms with Crippen LogP contribution in [-0.2, 0) is 16.5 Å². The zero-order chi connectivity index (χ0) is 15.2. The summed E-state index contributed by atoms with van der Waals surface area (Å²) in [5, 5.41) is 14.2. The molecule has 0 atom stereocenters. The Morgan fingerprint density at radius 2 is 1.95 bits per heavy atom. The summed E-state index contributed by atoms with van der Waals surface area (Å²) in [7, 11) is 0. The molecule has 7 nitrogen and oxygen atoms in total. The molecule has 2 aromatic carbocycles. The number of anilines is 2. The van der Waals surface area contributed by atoms with Gasteiger partial charge in [0.05, 0.1) is 4.92 Å². The lowest BCUT2D eigenvalue weighted by atomic mass is 10.1. The van der Waals surface area contributed by atoms with E-state index in [1.165, 1.54) is 6.07 Å². The second-order valence-electron chi connectivity index (χ2n) is 4.46. The van der Waals surface area contributed by atoms with Gasteiger partial charge in [-0.25, -0.2) is 4.89 Å². The molecule has 7 heteroatoms. The van der Waals surface area contributed by atoms with Gasteiger partial charge in [0.2, 0.25) is 0 Å². The number of hydrogen-bond donors (Lipinski definition) is 2. The maximum absolute atomic E-state index is 11.2. The quantitative estimate of drug-likeness (QED) is 0.482. The monoisotopic (exact) mass is 289 g/mol. The van der Waals surface area contributed by atoms with Crippen molar-refractivity contribution in [2.75, 3.05) is 5.32 Å². The number of nitrogens with one attached hydrogen (secondary N) is 1. The molecule has 0 saturated carbocycles. The van der Waals surface area contributed by atoms with Gasteiger partial charge in [-0.2, -0.15) is 5.90 Å². The van der Waals surface area contributed by atoms with Crippen molar-refractivity contribution in [2.45, 2.75) is 13.5 Å². The van der Waals surface area contributed by atoms with Crippen molar-refractivity contribution < 1.29 is 14.8 Å². The first kappa shape index (κ1) is 14.9. The molecule has 0 bridgehead atoms. The number of nitrogens with zero attached hydrogens (tertiary/aromatic N) is 1. The Bertz CT molecular complexity index is 629. The van der Waals surface area contributed by atoms with Crippen LogP contribution >= 0.6 is 0 Å². The molecular weight excluding hydrogens is 274 g/mol. The van der Waals surface area contributed by atoms with Gasteiger partial charge < -0.3 is 5.32 Å². The van der Waals surface area contributed by atoms with Crippen LogP contribution < -0.4 is 11.2 Å². The van der Waals surface area contributed by atoms with Crippen LogP contribution in [0, 0.1) is 17.0 Å². The molecular formula is C14H15N3O4. The lowest BCUT2D eigenvalue weighted by molar-refractivity contribution is -0.384. The summed E-state index contributed by atoms with van der Waals surface area (Å²) >= 11 is 0. The van der Waals surface area contributed by atoms with Gasteiger partial charge in [-0.15, -0.1) is 4.99 Å². The van der Waals surface area contributed by atoms with Gasteiger partial charge in [-0.3, -0.25) is 10.1 Å². The third kappa shape index (κ3) is 3.99. The van der Waals surface area contributed by atoms with E-state index in [1.54, 1.807) is 12.1 Å². The second kappa shape index (κ2) is 6.80. The number of benzene rings is 2. The summed E-state index contributed by atoms with van der Waals surface area (Å²) in [6.45, 7) is 2.00. The zero-order valence-electron chi connectivity index (χ0n) is 11.4. The average Bonchev–Trinajstić information content (AvgIpc) is 2.48. The smallest absolute Gasteiger partial charge is 0.293 e. The summed E-state index contributed by atoms with van der Waals surface area (Å²) in [4.78, 5) is 19.3. The Morgan fingerprint density at radius 3 is 2.57 bits per heavy atom. The molecule has 0 saturated heterocycles. The largest absolute Gasteiger partial charge is 0.350 e. The fraction of sp³-hybridized carbons (Fsp3) is 0.143. The highest BCUT2D eigenvalue weighted by atomic mass is 17.3. The van der Waals surface area contributed by atoms with Gasteiger partial charge in [0.1, 0.15) is 12.3 Å². The van der Waals surface area contributed by atoms with Crippen LogP contribution in [-0.4, -0.2) is 4.92 Å². The molecule has 0 aliphatic rings. The second-order valence-corrected chi connectivity index (χ2v) is 4.46. The van der Waals surface area contributed by atoms with E-state index in [-0.39, 0.29) is 12.3 Å². The van der Waals surface area contributed by atoms with Crippen LogP contribution in [0.4, 0.5) is 17.1 Å². The number of nitro groups is 1. The molecule has 0 aromatic heterocycles. The van der Waals surface area contributed by atoms with Gasteiger partial charge in [-0.1, -0.05) is 23.8 Å². The minimum Gasteiger partial charge on any atom is -0.350 e. The first-order valence-electron chi connectivity index (χ1n) is 6.19. The Kier molecular flexibility index (Phi) is 4.83. The number of nitro benzene ring substituents is 1. The van der Waals surface area contributed by atoms with Crippen LogP contribution in [0.2, 0.25) is 0 Å². The van der Waals surface area contributed by atoms with E-state index < -0.39 is 4.92 Å². The van der Waals surface area contributed by atoms with Gasteiger partial charge in [0.25, 0.3) is 5.69 Å². The van der Waals surface area contributed by atoms with E-state index in [2.05, 4.69) is 15.2 Å². The Hall–Kier alpha value is -2.48. The number of hydrogen-bond acceptors (Lipinski definition) is 6. The summed E-state index contributed by atoms with van der Waals surface area (Å²) in [6.07, 6.45) is 0. The molecule has 0 aliphatic heterocycles. The van der Waals surface area contributed by atoms with E-state index >= 15 is 0 Å². The first-order valence-corrected chi connectivity index (χ1v) is 6.19. The lowest BCUT2D eigenvalue weighted by Gasteiger charge is -2.09. The normalized spacial score (nSPS) is 10.4. The molecule has 21 heavy (non-hydrogen) atoms. The fourth-order valence-electron chi connectivity index (χ4n) is 1.82. The average molecular weight is 289 g/mol. The summed E-state index contributed by atoms with van der Waals surface area (Å²) in [6, 6.07) is 12.3. The van der Waals surface area contributed by atoms with E-state index in [0.29, 0.717) is 11.3 Å². The van der Waals surface area contributed by atoms with Crippen molar-refractivity contribution >= 4 is 17.1 Å². The van der Waals surface area contributed by atoms with Crippen LogP contribution in [0.3, 0.4) is 0 Å². The van der Waals surface area contributed by atoms with Gasteiger partial charge in [0, 0.05) is 11.8 Å². The van der Waals surface area contributed by atoms with Gasteiger partial charge in [-0.05, 0) is 30.7 Å². The molecule has 0 spiro atoms. The standard InChI is InChI=1S/C14H15N3O4/c1-10-2-5-12(6-3-10)16-13-7-4-11(9-20-21-15)8-14(13)17(18)19/h2-8,16H,9,15H2,1H3. The van der Waals surface area contributed by atoms with Crippen molar-refractivity contribution in [1.29, 1.82) is 0 Å². The van der Waals surface area contributed by atoms with Crippen LogP contribution in [0.25, 0.3) is 0 Å². The predicted molar refractivity (Wildman–Crippen MR) is 77.6 cm³/mol. The maximum Gasteiger partial charge on any atom is 0.293 e. The summed E-state index contributed by atoms with van der Waals surface area (Å²) in [5.74, 6) is 4.75. The van der Waals surface area contributed by atoms with Crippen molar-refractivity contribution in [3.63, 3.8) is 0 Å². The van der Waals surface area contributed by atoms with E-state index in [4.69, 9.17) is 5.90 Å². The molecule has 0 amide bonds. The predicted octanol–water partition coefficient (Wildman–Crippen LogP) is 2.97. The SMILES string of the molecule is Cc1ccc(Nc2ccc(COON)cc2[N+](=O)[O-])cc1. The molecule has 0 fully saturated rings. The summed E-state index contributed by atoms with van der Waals surface area (Å²) < 4.78 is 0. The molecule has 0 heterocycles. The highest BCUT2D eigenvalue weighted by Gasteiger charge is 2.15. The third-order valence-electron chi connectivity index (χ3n) is 2.88. The minimum absolute atomic E-state index is 0.0299. The molecule has 2 aromatic rings. The van der Waals surface area contributed by atoms with Crippen LogP contribution in [0.1, 0.15) is 11.1 Å². The van der Waals surface area contributed by atoms with E-state index in [1.807, 2.05) is 31.2 Å². The van der Waals surface area contributed by atoms with Crippen molar-refractivity contribution in [1.82, 2.24) is 0 Å². The Morgan fingerprint density at radius 1 is 1.24 bits per heavy atom. The molecule has 0 unspecified atom stereocenters. The maximum atomic E-state index is 11.2. The highest BCUT2D eigenvalue weighted by Crippen LogP contribution is 2.29. The van der Waals surface area contributed by atoms with Crippen molar-refractivity contribution in [3.05, 3.63) is 63.7 Å². The Balaban J connectivity index is 2.25.